The molecule has 10 heteroatoms. The van der Waals surface area contributed by atoms with E-state index < -0.39 is 28.3 Å². The second-order valence-electron chi connectivity index (χ2n) is 8.61. The Morgan fingerprint density at radius 3 is 2.26 bits per heavy atom. The van der Waals surface area contributed by atoms with E-state index in [2.05, 4.69) is 10.1 Å². The number of alkyl halides is 3. The third kappa shape index (κ3) is 6.66. The van der Waals surface area contributed by atoms with Crippen LogP contribution >= 0.6 is 11.6 Å². The Balaban J connectivity index is 2.13. The number of ether oxygens (including phenoxy) is 2. The van der Waals surface area contributed by atoms with Crippen LogP contribution in [0, 0.1) is 5.92 Å². The highest BCUT2D eigenvalue weighted by atomic mass is 35.5. The van der Waals surface area contributed by atoms with Crippen molar-refractivity contribution >= 4 is 29.4 Å². The molecule has 1 amide bonds. The van der Waals surface area contributed by atoms with Crippen LogP contribution in [0.1, 0.15) is 56.5 Å². The number of halogens is 4. The quantitative estimate of drug-likeness (QED) is 0.588. The summed E-state index contributed by atoms with van der Waals surface area (Å²) in [4.78, 5) is 25.7. The number of anilines is 1. The van der Waals surface area contributed by atoms with E-state index in [1.54, 1.807) is 25.7 Å². The van der Waals surface area contributed by atoms with Crippen LogP contribution in [0.2, 0.25) is 5.02 Å². The van der Waals surface area contributed by atoms with Gasteiger partial charge in [-0.2, -0.15) is 13.2 Å². The molecule has 1 saturated heterocycles. The molecule has 1 aromatic rings. The second-order valence-corrected chi connectivity index (χ2v) is 8.99. The Kier molecular flexibility index (Phi) is 7.73. The molecular weight excluding hydrogens is 437 g/mol. The predicted octanol–water partition coefficient (Wildman–Crippen LogP) is 5.59. The monoisotopic (exact) mass is 464 g/mol. The van der Waals surface area contributed by atoms with Crippen molar-refractivity contribution in [3.8, 4) is 0 Å². The first-order valence-electron chi connectivity index (χ1n) is 9.96. The number of hydrogen-bond acceptors (Lipinski definition) is 5. The van der Waals surface area contributed by atoms with Crippen molar-refractivity contribution < 1.29 is 32.2 Å². The number of hydrogen-bond donors (Lipinski definition) is 1. The van der Waals surface area contributed by atoms with E-state index in [-0.39, 0.29) is 29.3 Å². The van der Waals surface area contributed by atoms with E-state index in [9.17, 15) is 22.8 Å². The summed E-state index contributed by atoms with van der Waals surface area (Å²) >= 11 is 6.02. The lowest BCUT2D eigenvalue weighted by Gasteiger charge is -2.36. The van der Waals surface area contributed by atoms with Crippen LogP contribution < -0.4 is 5.32 Å². The fraction of sp³-hybridized carbons (Fsp3) is 0.619. The van der Waals surface area contributed by atoms with E-state index in [0.29, 0.717) is 32.0 Å². The molecule has 1 aromatic carbocycles. The highest BCUT2D eigenvalue weighted by Gasteiger charge is 2.36. The number of nitrogens with zero attached hydrogens (tertiary/aromatic N) is 1. The molecule has 1 aliphatic rings. The molecule has 1 atom stereocenters. The highest BCUT2D eigenvalue weighted by Crippen LogP contribution is 2.40. The maximum absolute atomic E-state index is 13.4. The van der Waals surface area contributed by atoms with Crippen molar-refractivity contribution in [2.45, 2.75) is 58.4 Å². The van der Waals surface area contributed by atoms with Crippen molar-refractivity contribution in [1.29, 1.82) is 0 Å². The van der Waals surface area contributed by atoms with Gasteiger partial charge in [0.1, 0.15) is 5.60 Å². The van der Waals surface area contributed by atoms with Crippen molar-refractivity contribution in [2.75, 3.05) is 25.5 Å². The summed E-state index contributed by atoms with van der Waals surface area (Å²) in [6, 6.07) is 1.70. The van der Waals surface area contributed by atoms with Gasteiger partial charge in [0.15, 0.2) is 0 Å². The van der Waals surface area contributed by atoms with Crippen LogP contribution in [0.25, 0.3) is 0 Å². The Hall–Kier alpha value is -2.16. The summed E-state index contributed by atoms with van der Waals surface area (Å²) in [5, 5.41) is 2.52. The van der Waals surface area contributed by atoms with Crippen molar-refractivity contribution in [2.24, 2.45) is 5.92 Å². The summed E-state index contributed by atoms with van der Waals surface area (Å²) in [5.74, 6) is -0.797. The lowest BCUT2D eigenvalue weighted by Crippen LogP contribution is -2.44. The van der Waals surface area contributed by atoms with Gasteiger partial charge in [0.05, 0.1) is 28.9 Å². The van der Waals surface area contributed by atoms with Gasteiger partial charge in [0.2, 0.25) is 0 Å². The molecule has 0 aliphatic carbocycles. The summed E-state index contributed by atoms with van der Waals surface area (Å²) in [6.07, 6.45) is -3.81. The van der Waals surface area contributed by atoms with Gasteiger partial charge in [-0.15, -0.1) is 0 Å². The molecular formula is C21H28ClF3N2O4. The highest BCUT2D eigenvalue weighted by molar-refractivity contribution is 6.34. The van der Waals surface area contributed by atoms with Crippen LogP contribution in [-0.4, -0.2) is 48.8 Å². The topological polar surface area (TPSA) is 67.9 Å². The predicted molar refractivity (Wildman–Crippen MR) is 111 cm³/mol. The van der Waals surface area contributed by atoms with Gasteiger partial charge >= 0.3 is 18.2 Å². The number of piperidine rings is 1. The van der Waals surface area contributed by atoms with E-state index in [1.807, 2.05) is 6.92 Å². The fourth-order valence-corrected chi connectivity index (χ4v) is 3.71. The summed E-state index contributed by atoms with van der Waals surface area (Å²) < 4.78 is 50.1. The Bertz CT molecular complexity index is 816. The SMILES string of the molecule is COC(=O)c1cc(N[C@@H](C)C2CCN(C(=O)OC(C)(C)C)CC2)c(Cl)c(C(F)(F)F)c1. The van der Waals surface area contributed by atoms with E-state index >= 15 is 0 Å². The van der Waals surface area contributed by atoms with Crippen molar-refractivity contribution in [1.82, 2.24) is 4.90 Å². The zero-order valence-corrected chi connectivity index (χ0v) is 19.0. The average Bonchev–Trinajstić information content (AvgIpc) is 2.66. The lowest BCUT2D eigenvalue weighted by molar-refractivity contribution is -0.137. The largest absolute Gasteiger partial charge is 0.465 e. The number of amides is 1. The molecule has 0 spiro atoms. The smallest absolute Gasteiger partial charge is 0.417 e. The molecule has 6 nitrogen and oxygen atoms in total. The summed E-state index contributed by atoms with van der Waals surface area (Å²) in [6.45, 7) is 8.19. The van der Waals surface area contributed by atoms with Gasteiger partial charge in [-0.25, -0.2) is 9.59 Å². The number of likely N-dealkylation sites (tertiary alicyclic amines) is 1. The van der Waals surface area contributed by atoms with E-state index in [0.717, 1.165) is 7.11 Å². The fourth-order valence-electron chi connectivity index (χ4n) is 3.44. The Labute approximate surface area is 185 Å². The van der Waals surface area contributed by atoms with Crippen LogP contribution in [0.3, 0.4) is 0 Å². The molecule has 2 rings (SSSR count). The molecule has 0 unspecified atom stereocenters. The van der Waals surface area contributed by atoms with Crippen molar-refractivity contribution in [3.05, 3.63) is 28.3 Å². The molecule has 31 heavy (non-hydrogen) atoms. The summed E-state index contributed by atoms with van der Waals surface area (Å²) in [5.41, 5.74) is -1.92. The third-order valence-corrected chi connectivity index (χ3v) is 5.49. The molecule has 174 valence electrons. The second kappa shape index (κ2) is 9.54. The van der Waals surface area contributed by atoms with Crippen LogP contribution in [-0.2, 0) is 15.7 Å². The normalized spacial score (nSPS) is 16.6. The minimum atomic E-state index is -4.72. The van der Waals surface area contributed by atoms with Gasteiger partial charge in [0, 0.05) is 19.1 Å². The number of esters is 1. The van der Waals surface area contributed by atoms with E-state index in [4.69, 9.17) is 16.3 Å². The molecule has 1 fully saturated rings. The molecule has 0 aromatic heterocycles. The Morgan fingerprint density at radius 1 is 1.19 bits per heavy atom. The van der Waals surface area contributed by atoms with Gasteiger partial charge in [-0.3, -0.25) is 0 Å². The van der Waals surface area contributed by atoms with Crippen LogP contribution in [0.4, 0.5) is 23.7 Å². The maximum atomic E-state index is 13.4. The van der Waals surface area contributed by atoms with Gasteiger partial charge in [0.25, 0.3) is 0 Å². The number of nitrogens with one attached hydrogen (secondary N) is 1. The zero-order valence-electron chi connectivity index (χ0n) is 18.2. The minimum absolute atomic E-state index is 0.0129. The van der Waals surface area contributed by atoms with Gasteiger partial charge in [-0.05, 0) is 58.6 Å². The number of methoxy groups -OCH3 is 1. The molecule has 1 aliphatic heterocycles. The molecule has 1 N–H and O–H groups in total. The lowest BCUT2D eigenvalue weighted by atomic mass is 9.90. The number of carbonyl (C=O) groups excluding carboxylic acids is 2. The standard InChI is InChI=1S/C21H28ClF3N2O4/c1-12(13-6-8-27(9-7-13)19(29)31-20(2,3)4)26-16-11-14(18(28)30-5)10-15(17(16)22)21(23,24)25/h10-13,26H,6-9H2,1-5H3/t12-/m0/s1. The first-order valence-corrected chi connectivity index (χ1v) is 10.3. The number of benzene rings is 1. The summed E-state index contributed by atoms with van der Waals surface area (Å²) in [7, 11) is 1.10. The first kappa shape index (κ1) is 25.1. The first-order chi connectivity index (χ1) is 14.2. The Morgan fingerprint density at radius 2 is 1.77 bits per heavy atom. The van der Waals surface area contributed by atoms with Crippen molar-refractivity contribution in [3.63, 3.8) is 0 Å². The third-order valence-electron chi connectivity index (χ3n) is 5.08. The van der Waals surface area contributed by atoms with Crippen LogP contribution in [0.15, 0.2) is 12.1 Å². The minimum Gasteiger partial charge on any atom is -0.465 e. The van der Waals surface area contributed by atoms with E-state index in [1.165, 1.54) is 6.07 Å². The average molecular weight is 465 g/mol. The molecule has 0 saturated carbocycles. The number of carbonyl (C=O) groups is 2. The number of rotatable bonds is 4. The molecule has 0 radical (unpaired) electrons. The molecule has 0 bridgehead atoms. The van der Waals surface area contributed by atoms with Crippen LogP contribution in [0.5, 0.6) is 0 Å². The molecule has 1 heterocycles. The zero-order chi connectivity index (χ0) is 23.6. The van der Waals surface area contributed by atoms with Gasteiger partial charge < -0.3 is 19.7 Å². The van der Waals surface area contributed by atoms with Gasteiger partial charge in [-0.1, -0.05) is 11.6 Å². The maximum Gasteiger partial charge on any atom is 0.417 e.